The Labute approximate surface area is 107 Å². The van der Waals surface area contributed by atoms with E-state index < -0.39 is 0 Å². The maximum absolute atomic E-state index is 12.0. The Hall–Kier alpha value is -1.77. The Kier molecular flexibility index (Phi) is 3.70. The standard InChI is InChI=1S/C15H19NO2/c1-4-15(17)13-10-16(5-2)14-9-11(18-3)7-6-8-12(13)14/h7-10H,4-6H2,1-3H3. The van der Waals surface area contributed by atoms with Crippen LogP contribution in [-0.2, 0) is 11.3 Å². The summed E-state index contributed by atoms with van der Waals surface area (Å²) < 4.78 is 7.41. The van der Waals surface area contributed by atoms with Crippen molar-refractivity contribution in [2.75, 3.05) is 7.11 Å². The monoisotopic (exact) mass is 245 g/mol. The van der Waals surface area contributed by atoms with E-state index in [9.17, 15) is 4.79 Å². The number of ether oxygens (including phenoxy) is 1. The highest BCUT2D eigenvalue weighted by Crippen LogP contribution is 2.05. The van der Waals surface area contributed by atoms with Crippen LogP contribution < -0.4 is 10.6 Å². The largest absolute Gasteiger partial charge is 0.497 e. The molecule has 3 heteroatoms. The highest BCUT2D eigenvalue weighted by molar-refractivity contribution is 5.96. The molecule has 1 heterocycles. The molecule has 1 aliphatic carbocycles. The number of hydrogen-bond acceptors (Lipinski definition) is 2. The topological polar surface area (TPSA) is 31.2 Å². The van der Waals surface area contributed by atoms with Crippen LogP contribution in [0.2, 0.25) is 0 Å². The molecule has 96 valence electrons. The van der Waals surface area contributed by atoms with Gasteiger partial charge in [-0.1, -0.05) is 13.0 Å². The minimum absolute atomic E-state index is 0.198. The van der Waals surface area contributed by atoms with E-state index in [1.165, 1.54) is 0 Å². The summed E-state index contributed by atoms with van der Waals surface area (Å²) in [5.41, 5.74) is 0.830. The van der Waals surface area contributed by atoms with E-state index in [0.29, 0.717) is 6.42 Å². The second-order valence-electron chi connectivity index (χ2n) is 4.30. The van der Waals surface area contributed by atoms with Crippen molar-refractivity contribution in [3.05, 3.63) is 34.2 Å². The molecular weight excluding hydrogens is 226 g/mol. The molecule has 0 radical (unpaired) electrons. The molecular formula is C15H19NO2. The molecule has 0 atom stereocenters. The predicted octanol–water partition coefficient (Wildman–Crippen LogP) is 1.60. The van der Waals surface area contributed by atoms with E-state index in [2.05, 4.69) is 17.6 Å². The number of Topliss-reactive ketones (excluding diaryl/α,β-unsaturated/α-hetero) is 1. The Morgan fingerprint density at radius 3 is 2.78 bits per heavy atom. The van der Waals surface area contributed by atoms with Gasteiger partial charge in [-0.15, -0.1) is 0 Å². The maximum atomic E-state index is 12.0. The zero-order valence-electron chi connectivity index (χ0n) is 11.2. The van der Waals surface area contributed by atoms with Crippen molar-refractivity contribution in [3.8, 4) is 0 Å². The third kappa shape index (κ3) is 2.13. The van der Waals surface area contributed by atoms with Crippen molar-refractivity contribution in [2.45, 2.75) is 33.2 Å². The van der Waals surface area contributed by atoms with E-state index in [1.807, 2.05) is 25.3 Å². The van der Waals surface area contributed by atoms with E-state index >= 15 is 0 Å². The second-order valence-corrected chi connectivity index (χ2v) is 4.30. The Bertz CT molecular complexity index is 605. The zero-order chi connectivity index (χ0) is 13.1. The van der Waals surface area contributed by atoms with Crippen molar-refractivity contribution in [1.82, 2.24) is 4.57 Å². The molecule has 0 amide bonds. The predicted molar refractivity (Wildman–Crippen MR) is 72.6 cm³/mol. The number of carbonyl (C=O) groups is 1. The van der Waals surface area contributed by atoms with Gasteiger partial charge in [-0.2, -0.15) is 0 Å². The van der Waals surface area contributed by atoms with Crippen LogP contribution in [0.25, 0.3) is 12.2 Å². The van der Waals surface area contributed by atoms with Gasteiger partial charge >= 0.3 is 0 Å². The quantitative estimate of drug-likeness (QED) is 0.754. The normalized spacial score (nSPS) is 13.8. The molecule has 2 rings (SSSR count). The van der Waals surface area contributed by atoms with Crippen LogP contribution in [0.15, 0.2) is 18.0 Å². The summed E-state index contributed by atoms with van der Waals surface area (Å²) in [6.07, 6.45) is 9.44. The summed E-state index contributed by atoms with van der Waals surface area (Å²) >= 11 is 0. The van der Waals surface area contributed by atoms with Gasteiger partial charge in [0.1, 0.15) is 5.76 Å². The summed E-state index contributed by atoms with van der Waals surface area (Å²) in [7, 11) is 1.67. The fraction of sp³-hybridized carbons (Fsp3) is 0.400. The van der Waals surface area contributed by atoms with E-state index in [0.717, 1.165) is 34.9 Å². The first-order valence-electron chi connectivity index (χ1n) is 6.39. The molecule has 0 aliphatic heterocycles. The van der Waals surface area contributed by atoms with Crippen molar-refractivity contribution < 1.29 is 9.53 Å². The molecule has 0 N–H and O–H groups in total. The van der Waals surface area contributed by atoms with Gasteiger partial charge in [0.05, 0.1) is 12.5 Å². The van der Waals surface area contributed by atoms with Crippen LogP contribution in [0.1, 0.15) is 37.0 Å². The molecule has 0 aromatic carbocycles. The van der Waals surface area contributed by atoms with Crippen LogP contribution in [0.5, 0.6) is 0 Å². The Morgan fingerprint density at radius 1 is 1.39 bits per heavy atom. The molecule has 1 aromatic rings. The number of aryl methyl sites for hydroxylation is 1. The summed E-state index contributed by atoms with van der Waals surface area (Å²) in [5, 5.41) is 2.12. The summed E-state index contributed by atoms with van der Waals surface area (Å²) in [4.78, 5) is 12.0. The third-order valence-corrected chi connectivity index (χ3v) is 3.28. The van der Waals surface area contributed by atoms with Crippen LogP contribution in [0.3, 0.4) is 0 Å². The lowest BCUT2D eigenvalue weighted by Crippen LogP contribution is -2.30. The van der Waals surface area contributed by atoms with E-state index in [-0.39, 0.29) is 5.78 Å². The summed E-state index contributed by atoms with van der Waals surface area (Å²) in [6.45, 7) is 4.83. The van der Waals surface area contributed by atoms with Gasteiger partial charge < -0.3 is 9.30 Å². The van der Waals surface area contributed by atoms with Gasteiger partial charge in [0.15, 0.2) is 5.78 Å². The number of ketones is 1. The lowest BCUT2D eigenvalue weighted by molar-refractivity contribution is 0.0987. The molecule has 0 unspecified atom stereocenters. The van der Waals surface area contributed by atoms with Crippen LogP contribution in [0, 0.1) is 0 Å². The summed E-state index contributed by atoms with van der Waals surface area (Å²) in [6, 6.07) is 0. The number of nitrogens with zero attached hydrogens (tertiary/aromatic N) is 1. The van der Waals surface area contributed by atoms with Crippen molar-refractivity contribution in [2.24, 2.45) is 0 Å². The lowest BCUT2D eigenvalue weighted by Gasteiger charge is -2.00. The molecule has 1 aromatic heterocycles. The van der Waals surface area contributed by atoms with Crippen molar-refractivity contribution in [3.63, 3.8) is 0 Å². The highest BCUT2D eigenvalue weighted by atomic mass is 16.5. The third-order valence-electron chi connectivity index (χ3n) is 3.28. The first-order chi connectivity index (χ1) is 8.71. The molecule has 0 fully saturated rings. The molecule has 3 nitrogen and oxygen atoms in total. The fourth-order valence-corrected chi connectivity index (χ4v) is 2.27. The number of methoxy groups -OCH3 is 1. The number of allylic oxidation sites excluding steroid dienone is 2. The number of carbonyl (C=O) groups excluding carboxylic acids is 1. The average molecular weight is 245 g/mol. The van der Waals surface area contributed by atoms with Gasteiger partial charge in [-0.3, -0.25) is 4.79 Å². The average Bonchev–Trinajstić information content (AvgIpc) is 2.60. The summed E-state index contributed by atoms with van der Waals surface area (Å²) in [5.74, 6) is 1.05. The van der Waals surface area contributed by atoms with Crippen molar-refractivity contribution in [1.29, 1.82) is 0 Å². The van der Waals surface area contributed by atoms with E-state index in [1.54, 1.807) is 7.11 Å². The lowest BCUT2D eigenvalue weighted by atomic mass is 10.1. The van der Waals surface area contributed by atoms with Crippen LogP contribution in [0.4, 0.5) is 0 Å². The van der Waals surface area contributed by atoms with Gasteiger partial charge in [-0.05, 0) is 19.4 Å². The molecule has 0 saturated heterocycles. The highest BCUT2D eigenvalue weighted by Gasteiger charge is 2.12. The molecule has 0 spiro atoms. The fourth-order valence-electron chi connectivity index (χ4n) is 2.27. The number of aromatic nitrogens is 1. The van der Waals surface area contributed by atoms with Gasteiger partial charge in [0, 0.05) is 36.0 Å². The van der Waals surface area contributed by atoms with Crippen LogP contribution >= 0.6 is 0 Å². The SMILES string of the molecule is CCC(=O)c1cn(CC)c2c1=CCC=C(OC)C=2. The van der Waals surface area contributed by atoms with Crippen LogP contribution in [-0.4, -0.2) is 17.5 Å². The zero-order valence-corrected chi connectivity index (χ0v) is 11.2. The number of hydrogen-bond donors (Lipinski definition) is 0. The second kappa shape index (κ2) is 5.25. The molecule has 0 bridgehead atoms. The number of fused-ring (bicyclic) bond motifs is 1. The Balaban J connectivity index is 2.71. The maximum Gasteiger partial charge on any atom is 0.164 e. The van der Waals surface area contributed by atoms with Crippen molar-refractivity contribution >= 4 is 17.9 Å². The molecule has 1 aliphatic rings. The van der Waals surface area contributed by atoms with Gasteiger partial charge in [-0.25, -0.2) is 0 Å². The van der Waals surface area contributed by atoms with Gasteiger partial charge in [0.25, 0.3) is 0 Å². The first kappa shape index (κ1) is 12.7. The van der Waals surface area contributed by atoms with Gasteiger partial charge in [0.2, 0.25) is 0 Å². The first-order valence-corrected chi connectivity index (χ1v) is 6.39. The minimum Gasteiger partial charge on any atom is -0.497 e. The molecule has 18 heavy (non-hydrogen) atoms. The number of rotatable bonds is 4. The Morgan fingerprint density at radius 2 is 2.17 bits per heavy atom. The minimum atomic E-state index is 0.198. The smallest absolute Gasteiger partial charge is 0.164 e. The van der Waals surface area contributed by atoms with E-state index in [4.69, 9.17) is 4.74 Å². The molecule has 0 saturated carbocycles.